The Morgan fingerprint density at radius 3 is 2.75 bits per heavy atom. The summed E-state index contributed by atoms with van der Waals surface area (Å²) in [5, 5.41) is 17.1. The van der Waals surface area contributed by atoms with Crippen molar-refractivity contribution >= 4 is 5.96 Å². The van der Waals surface area contributed by atoms with Gasteiger partial charge in [0, 0.05) is 13.1 Å². The third-order valence-corrected chi connectivity index (χ3v) is 4.57. The van der Waals surface area contributed by atoms with Gasteiger partial charge in [-0.05, 0) is 37.5 Å². The van der Waals surface area contributed by atoms with Gasteiger partial charge in [0.05, 0.1) is 12.1 Å². The molecule has 1 aliphatic heterocycles. The molecular formula is C18H27N3O3. The van der Waals surface area contributed by atoms with Crippen LogP contribution in [0.25, 0.3) is 0 Å². The zero-order chi connectivity index (χ0) is 16.8. The topological polar surface area (TPSA) is 75.1 Å². The fourth-order valence-corrected chi connectivity index (χ4v) is 3.19. The number of rotatable bonds is 5. The summed E-state index contributed by atoms with van der Waals surface area (Å²) in [6, 6.07) is 5.87. The molecule has 6 nitrogen and oxygen atoms in total. The van der Waals surface area contributed by atoms with Crippen LogP contribution in [0, 0.1) is 0 Å². The lowest BCUT2D eigenvalue weighted by Crippen LogP contribution is -2.48. The van der Waals surface area contributed by atoms with Crippen LogP contribution in [0.15, 0.2) is 23.2 Å². The second kappa shape index (κ2) is 7.75. The van der Waals surface area contributed by atoms with Gasteiger partial charge in [0.25, 0.3) is 0 Å². The summed E-state index contributed by atoms with van der Waals surface area (Å²) in [5.74, 6) is 2.29. The Hall–Kier alpha value is -1.95. The van der Waals surface area contributed by atoms with Crippen LogP contribution in [0.5, 0.6) is 11.5 Å². The Morgan fingerprint density at radius 1 is 1.17 bits per heavy atom. The molecular weight excluding hydrogens is 306 g/mol. The van der Waals surface area contributed by atoms with Crippen LogP contribution in [-0.4, -0.2) is 36.5 Å². The van der Waals surface area contributed by atoms with E-state index in [0.29, 0.717) is 13.1 Å². The highest BCUT2D eigenvalue weighted by Crippen LogP contribution is 2.32. The van der Waals surface area contributed by atoms with Crippen molar-refractivity contribution < 1.29 is 14.6 Å². The SMILES string of the molecule is CCNC(=NCc1ccc2c(c1)OCO2)NCC1(O)CCCCC1. The minimum atomic E-state index is -0.604. The van der Waals surface area contributed by atoms with Crippen LogP contribution in [0.2, 0.25) is 0 Å². The smallest absolute Gasteiger partial charge is 0.231 e. The summed E-state index contributed by atoms with van der Waals surface area (Å²) in [6.07, 6.45) is 5.15. The molecule has 132 valence electrons. The summed E-state index contributed by atoms with van der Waals surface area (Å²) in [5.41, 5.74) is 0.459. The highest BCUT2D eigenvalue weighted by Gasteiger charge is 2.29. The van der Waals surface area contributed by atoms with E-state index in [1.54, 1.807) is 0 Å². The summed E-state index contributed by atoms with van der Waals surface area (Å²) in [7, 11) is 0. The lowest BCUT2D eigenvalue weighted by atomic mass is 9.85. The lowest BCUT2D eigenvalue weighted by molar-refractivity contribution is 0.00859. The highest BCUT2D eigenvalue weighted by molar-refractivity contribution is 5.79. The van der Waals surface area contributed by atoms with Crippen LogP contribution in [0.3, 0.4) is 0 Å². The average molecular weight is 333 g/mol. The van der Waals surface area contributed by atoms with E-state index in [1.165, 1.54) is 6.42 Å². The van der Waals surface area contributed by atoms with Gasteiger partial charge in [-0.2, -0.15) is 0 Å². The second-order valence-electron chi connectivity index (χ2n) is 6.52. The van der Waals surface area contributed by atoms with E-state index in [-0.39, 0.29) is 6.79 Å². The molecule has 6 heteroatoms. The molecule has 0 unspecified atom stereocenters. The number of aliphatic hydroxyl groups is 1. The Bertz CT molecular complexity index is 583. The Morgan fingerprint density at radius 2 is 1.96 bits per heavy atom. The van der Waals surface area contributed by atoms with E-state index < -0.39 is 5.60 Å². The molecule has 3 N–H and O–H groups in total. The van der Waals surface area contributed by atoms with Crippen molar-refractivity contribution in [2.75, 3.05) is 19.9 Å². The van der Waals surface area contributed by atoms with Crippen LogP contribution in [0.1, 0.15) is 44.6 Å². The fourth-order valence-electron chi connectivity index (χ4n) is 3.19. The molecule has 24 heavy (non-hydrogen) atoms. The number of fused-ring (bicyclic) bond motifs is 1. The Labute approximate surface area is 143 Å². The van der Waals surface area contributed by atoms with Crippen LogP contribution >= 0.6 is 0 Å². The maximum absolute atomic E-state index is 10.6. The van der Waals surface area contributed by atoms with Gasteiger partial charge in [-0.15, -0.1) is 0 Å². The van der Waals surface area contributed by atoms with Gasteiger partial charge >= 0.3 is 0 Å². The molecule has 0 saturated heterocycles. The summed E-state index contributed by atoms with van der Waals surface area (Å²) in [6.45, 7) is 4.19. The van der Waals surface area contributed by atoms with Gasteiger partial charge in [0.2, 0.25) is 6.79 Å². The minimum absolute atomic E-state index is 0.283. The quantitative estimate of drug-likeness (QED) is 0.569. The molecule has 1 fully saturated rings. The number of benzene rings is 1. The molecule has 1 aliphatic carbocycles. The predicted octanol–water partition coefficient (Wildman–Crippen LogP) is 2.17. The van der Waals surface area contributed by atoms with E-state index in [4.69, 9.17) is 9.47 Å². The van der Waals surface area contributed by atoms with Gasteiger partial charge in [-0.1, -0.05) is 25.3 Å². The second-order valence-corrected chi connectivity index (χ2v) is 6.52. The summed E-state index contributed by atoms with van der Waals surface area (Å²) >= 11 is 0. The fraction of sp³-hybridized carbons (Fsp3) is 0.611. The largest absolute Gasteiger partial charge is 0.454 e. The first-order valence-corrected chi connectivity index (χ1v) is 8.82. The number of nitrogens with one attached hydrogen (secondary N) is 2. The van der Waals surface area contributed by atoms with E-state index in [2.05, 4.69) is 15.6 Å². The molecule has 3 rings (SSSR count). The average Bonchev–Trinajstić information content (AvgIpc) is 3.06. The number of nitrogens with zero attached hydrogens (tertiary/aromatic N) is 1. The lowest BCUT2D eigenvalue weighted by Gasteiger charge is -2.32. The molecule has 0 spiro atoms. The van der Waals surface area contributed by atoms with Crippen molar-refractivity contribution in [2.24, 2.45) is 4.99 Å². The van der Waals surface area contributed by atoms with Crippen molar-refractivity contribution in [3.05, 3.63) is 23.8 Å². The van der Waals surface area contributed by atoms with E-state index in [9.17, 15) is 5.11 Å². The molecule has 0 radical (unpaired) electrons. The van der Waals surface area contributed by atoms with Gasteiger partial charge in [-0.25, -0.2) is 4.99 Å². The molecule has 0 atom stereocenters. The third kappa shape index (κ3) is 4.32. The van der Waals surface area contributed by atoms with Crippen molar-refractivity contribution in [1.29, 1.82) is 0 Å². The van der Waals surface area contributed by atoms with Crippen molar-refractivity contribution in [1.82, 2.24) is 10.6 Å². The van der Waals surface area contributed by atoms with Crippen LogP contribution in [0.4, 0.5) is 0 Å². The molecule has 1 aromatic carbocycles. The van der Waals surface area contributed by atoms with E-state index in [1.807, 2.05) is 25.1 Å². The van der Waals surface area contributed by atoms with Crippen LogP contribution < -0.4 is 20.1 Å². The zero-order valence-electron chi connectivity index (χ0n) is 14.3. The normalized spacial score (nSPS) is 19.2. The monoisotopic (exact) mass is 333 g/mol. The van der Waals surface area contributed by atoms with Crippen molar-refractivity contribution in [2.45, 2.75) is 51.2 Å². The molecule has 0 aromatic heterocycles. The van der Waals surface area contributed by atoms with Crippen LogP contribution in [-0.2, 0) is 6.54 Å². The number of hydrogen-bond acceptors (Lipinski definition) is 4. The number of aliphatic imine (C=N–C) groups is 1. The van der Waals surface area contributed by atoms with Crippen molar-refractivity contribution in [3.63, 3.8) is 0 Å². The Kier molecular flexibility index (Phi) is 5.45. The molecule has 0 bridgehead atoms. The molecule has 1 aromatic rings. The molecule has 1 saturated carbocycles. The zero-order valence-corrected chi connectivity index (χ0v) is 14.3. The standard InChI is InChI=1S/C18H27N3O3/c1-2-19-17(21-12-18(22)8-4-3-5-9-18)20-11-14-6-7-15-16(10-14)24-13-23-15/h6-7,10,22H,2-5,8-9,11-13H2,1H3,(H2,19,20,21). The molecule has 0 amide bonds. The summed E-state index contributed by atoms with van der Waals surface area (Å²) in [4.78, 5) is 4.61. The first-order valence-electron chi connectivity index (χ1n) is 8.82. The van der Waals surface area contributed by atoms with Crippen molar-refractivity contribution in [3.8, 4) is 11.5 Å². The number of ether oxygens (including phenoxy) is 2. The Balaban J connectivity index is 1.58. The minimum Gasteiger partial charge on any atom is -0.454 e. The summed E-state index contributed by atoms with van der Waals surface area (Å²) < 4.78 is 10.7. The van der Waals surface area contributed by atoms with E-state index >= 15 is 0 Å². The van der Waals surface area contributed by atoms with Gasteiger partial charge in [-0.3, -0.25) is 0 Å². The number of guanidine groups is 1. The molecule has 1 heterocycles. The molecule has 2 aliphatic rings. The van der Waals surface area contributed by atoms with E-state index in [0.717, 1.165) is 55.3 Å². The van der Waals surface area contributed by atoms with Gasteiger partial charge in [0.1, 0.15) is 0 Å². The predicted molar refractivity (Wildman–Crippen MR) is 93.4 cm³/mol. The first kappa shape index (κ1) is 16.9. The maximum atomic E-state index is 10.6. The van der Waals surface area contributed by atoms with Gasteiger partial charge in [0.15, 0.2) is 17.5 Å². The maximum Gasteiger partial charge on any atom is 0.231 e. The van der Waals surface area contributed by atoms with Gasteiger partial charge < -0.3 is 25.2 Å². The number of hydrogen-bond donors (Lipinski definition) is 3. The first-order chi connectivity index (χ1) is 11.7. The highest BCUT2D eigenvalue weighted by atomic mass is 16.7. The third-order valence-electron chi connectivity index (χ3n) is 4.57.